The summed E-state index contributed by atoms with van der Waals surface area (Å²) in [6, 6.07) is 16.9. The van der Waals surface area contributed by atoms with Crippen molar-refractivity contribution >= 4 is 22.4 Å². The number of hydrogen-bond acceptors (Lipinski definition) is 4. The minimum atomic E-state index is -0.208. The van der Waals surface area contributed by atoms with E-state index in [4.69, 9.17) is 14.2 Å². The van der Waals surface area contributed by atoms with E-state index in [1.54, 1.807) is 18.2 Å². The van der Waals surface area contributed by atoms with E-state index in [0.29, 0.717) is 28.5 Å². The van der Waals surface area contributed by atoms with Gasteiger partial charge in [-0.25, -0.2) is 0 Å². The predicted octanol–water partition coefficient (Wildman–Crippen LogP) is 4.12. The monoisotopic (exact) mass is 337 g/mol. The molecule has 0 unspecified atom stereocenters. The molecule has 0 aliphatic carbocycles. The third-order valence-corrected chi connectivity index (χ3v) is 3.93. The molecular weight excluding hydrogens is 318 g/mol. The van der Waals surface area contributed by atoms with Crippen LogP contribution < -0.4 is 19.5 Å². The first-order chi connectivity index (χ1) is 12.2. The van der Waals surface area contributed by atoms with E-state index < -0.39 is 0 Å². The molecular formula is C20H19NO4. The number of nitrogens with one attached hydrogen (secondary N) is 1. The topological polar surface area (TPSA) is 56.8 Å². The van der Waals surface area contributed by atoms with Crippen molar-refractivity contribution in [3.8, 4) is 17.2 Å². The van der Waals surface area contributed by atoms with E-state index in [1.165, 1.54) is 21.3 Å². The van der Waals surface area contributed by atoms with Gasteiger partial charge in [-0.05, 0) is 22.9 Å². The van der Waals surface area contributed by atoms with Crippen molar-refractivity contribution in [3.05, 3.63) is 60.2 Å². The molecule has 0 saturated heterocycles. The van der Waals surface area contributed by atoms with Gasteiger partial charge in [0.2, 0.25) is 5.75 Å². The highest BCUT2D eigenvalue weighted by Crippen LogP contribution is 2.40. The van der Waals surface area contributed by atoms with Crippen LogP contribution in [0.15, 0.2) is 54.6 Å². The van der Waals surface area contributed by atoms with Crippen molar-refractivity contribution < 1.29 is 19.0 Å². The number of methoxy groups -OCH3 is 3. The van der Waals surface area contributed by atoms with Gasteiger partial charge in [0, 0.05) is 23.4 Å². The number of anilines is 1. The summed E-state index contributed by atoms with van der Waals surface area (Å²) < 4.78 is 15.9. The second-order valence-electron chi connectivity index (χ2n) is 5.43. The fourth-order valence-corrected chi connectivity index (χ4v) is 2.69. The largest absolute Gasteiger partial charge is 0.493 e. The first kappa shape index (κ1) is 16.6. The summed E-state index contributed by atoms with van der Waals surface area (Å²) in [4.78, 5) is 12.6. The van der Waals surface area contributed by atoms with Crippen LogP contribution >= 0.6 is 0 Å². The zero-order valence-corrected chi connectivity index (χ0v) is 14.3. The molecule has 3 aromatic rings. The minimum Gasteiger partial charge on any atom is -0.493 e. The second kappa shape index (κ2) is 7.13. The average Bonchev–Trinajstić information content (AvgIpc) is 2.66. The van der Waals surface area contributed by atoms with E-state index in [-0.39, 0.29) is 5.91 Å². The first-order valence-electron chi connectivity index (χ1n) is 7.76. The van der Waals surface area contributed by atoms with Crippen LogP contribution in [0.1, 0.15) is 10.4 Å². The fourth-order valence-electron chi connectivity index (χ4n) is 2.69. The number of ether oxygens (including phenoxy) is 3. The summed E-state index contributed by atoms with van der Waals surface area (Å²) in [5.41, 5.74) is 1.14. The van der Waals surface area contributed by atoms with Crippen molar-refractivity contribution in [3.63, 3.8) is 0 Å². The molecule has 0 radical (unpaired) electrons. The lowest BCUT2D eigenvalue weighted by molar-refractivity contribution is 0.102. The van der Waals surface area contributed by atoms with Crippen LogP contribution in [-0.4, -0.2) is 27.2 Å². The molecule has 3 aromatic carbocycles. The number of carbonyl (C=O) groups excluding carboxylic acids is 1. The molecule has 0 saturated carbocycles. The number of amides is 1. The van der Waals surface area contributed by atoms with Gasteiger partial charge >= 0.3 is 0 Å². The third kappa shape index (κ3) is 3.35. The lowest BCUT2D eigenvalue weighted by Gasteiger charge is -2.14. The molecule has 0 heterocycles. The average molecular weight is 337 g/mol. The molecule has 0 aromatic heterocycles. The molecule has 0 bridgehead atoms. The van der Waals surface area contributed by atoms with Crippen molar-refractivity contribution in [2.75, 3.05) is 26.6 Å². The highest BCUT2D eigenvalue weighted by atomic mass is 16.5. The van der Waals surface area contributed by atoms with Crippen molar-refractivity contribution in [2.45, 2.75) is 0 Å². The fraction of sp³-hybridized carbons (Fsp3) is 0.150. The Morgan fingerprint density at radius 1 is 0.800 bits per heavy atom. The minimum absolute atomic E-state index is 0.208. The van der Waals surface area contributed by atoms with Crippen LogP contribution in [0.4, 0.5) is 5.69 Å². The molecule has 0 spiro atoms. The van der Waals surface area contributed by atoms with E-state index >= 15 is 0 Å². The van der Waals surface area contributed by atoms with Crippen LogP contribution in [0.5, 0.6) is 17.2 Å². The third-order valence-electron chi connectivity index (χ3n) is 3.93. The molecule has 0 atom stereocenters. The standard InChI is InChI=1S/C20H19NO4/c1-23-17-11-16(12-18(24-2)19(17)25-3)21-20(22)15-9-8-13-6-4-5-7-14(13)10-15/h4-12H,1-3H3,(H,21,22). The number of fused-ring (bicyclic) bond motifs is 1. The number of carbonyl (C=O) groups is 1. The summed E-state index contributed by atoms with van der Waals surface area (Å²) in [7, 11) is 4.60. The van der Waals surface area contributed by atoms with Gasteiger partial charge in [0.1, 0.15) is 0 Å². The zero-order chi connectivity index (χ0) is 17.8. The number of benzene rings is 3. The molecule has 1 amide bonds. The Morgan fingerprint density at radius 3 is 2.04 bits per heavy atom. The van der Waals surface area contributed by atoms with Crippen molar-refractivity contribution in [1.82, 2.24) is 0 Å². The Bertz CT molecular complexity index is 895. The zero-order valence-electron chi connectivity index (χ0n) is 14.3. The Balaban J connectivity index is 1.91. The van der Waals surface area contributed by atoms with Crippen LogP contribution in [-0.2, 0) is 0 Å². The molecule has 128 valence electrons. The number of rotatable bonds is 5. The molecule has 5 nitrogen and oxygen atoms in total. The highest BCUT2D eigenvalue weighted by molar-refractivity contribution is 6.06. The maximum atomic E-state index is 12.6. The SMILES string of the molecule is COc1cc(NC(=O)c2ccc3ccccc3c2)cc(OC)c1OC. The molecule has 1 N–H and O–H groups in total. The lowest BCUT2D eigenvalue weighted by Crippen LogP contribution is -2.12. The quantitative estimate of drug-likeness (QED) is 0.761. The maximum absolute atomic E-state index is 12.6. The predicted molar refractivity (Wildman–Crippen MR) is 98.0 cm³/mol. The normalized spacial score (nSPS) is 10.4. The van der Waals surface area contributed by atoms with E-state index in [1.807, 2.05) is 36.4 Å². The van der Waals surface area contributed by atoms with E-state index in [0.717, 1.165) is 10.8 Å². The van der Waals surface area contributed by atoms with Gasteiger partial charge in [0.15, 0.2) is 11.5 Å². The van der Waals surface area contributed by atoms with Crippen molar-refractivity contribution in [2.24, 2.45) is 0 Å². The van der Waals surface area contributed by atoms with Gasteiger partial charge in [-0.3, -0.25) is 4.79 Å². The van der Waals surface area contributed by atoms with Gasteiger partial charge in [-0.15, -0.1) is 0 Å². The lowest BCUT2D eigenvalue weighted by atomic mass is 10.1. The smallest absolute Gasteiger partial charge is 0.255 e. The molecule has 25 heavy (non-hydrogen) atoms. The van der Waals surface area contributed by atoms with Crippen molar-refractivity contribution in [1.29, 1.82) is 0 Å². The molecule has 0 aliphatic rings. The van der Waals surface area contributed by atoms with Crippen LogP contribution in [0.3, 0.4) is 0 Å². The molecule has 5 heteroatoms. The van der Waals surface area contributed by atoms with Crippen LogP contribution in [0.25, 0.3) is 10.8 Å². The van der Waals surface area contributed by atoms with Gasteiger partial charge in [0.25, 0.3) is 5.91 Å². The van der Waals surface area contributed by atoms with Gasteiger partial charge in [0.05, 0.1) is 21.3 Å². The van der Waals surface area contributed by atoms with Gasteiger partial charge < -0.3 is 19.5 Å². The Morgan fingerprint density at radius 2 is 1.44 bits per heavy atom. The maximum Gasteiger partial charge on any atom is 0.255 e. The van der Waals surface area contributed by atoms with Gasteiger partial charge in [-0.1, -0.05) is 30.3 Å². The molecule has 3 rings (SSSR count). The van der Waals surface area contributed by atoms with Crippen LogP contribution in [0.2, 0.25) is 0 Å². The first-order valence-corrected chi connectivity index (χ1v) is 7.76. The summed E-state index contributed by atoms with van der Waals surface area (Å²) in [5.74, 6) is 1.24. The summed E-state index contributed by atoms with van der Waals surface area (Å²) >= 11 is 0. The number of hydrogen-bond donors (Lipinski definition) is 1. The molecule has 0 aliphatic heterocycles. The highest BCUT2D eigenvalue weighted by Gasteiger charge is 2.15. The second-order valence-corrected chi connectivity index (χ2v) is 5.43. The summed E-state index contributed by atoms with van der Waals surface area (Å²) in [5, 5.41) is 4.97. The molecule has 0 fully saturated rings. The van der Waals surface area contributed by atoms with E-state index in [2.05, 4.69) is 5.32 Å². The Labute approximate surface area is 146 Å². The summed E-state index contributed by atoms with van der Waals surface area (Å²) in [6.07, 6.45) is 0. The summed E-state index contributed by atoms with van der Waals surface area (Å²) in [6.45, 7) is 0. The van der Waals surface area contributed by atoms with E-state index in [9.17, 15) is 4.79 Å². The Kier molecular flexibility index (Phi) is 4.75. The Hall–Kier alpha value is -3.21. The van der Waals surface area contributed by atoms with Gasteiger partial charge in [-0.2, -0.15) is 0 Å². The van der Waals surface area contributed by atoms with Crippen LogP contribution in [0, 0.1) is 0 Å².